The molecule has 0 radical (unpaired) electrons. The molecule has 2 rings (SSSR count). The van der Waals surface area contributed by atoms with E-state index in [1.165, 1.54) is 4.90 Å². The van der Waals surface area contributed by atoms with Crippen molar-refractivity contribution in [3.63, 3.8) is 0 Å². The van der Waals surface area contributed by atoms with Crippen LogP contribution in [0.3, 0.4) is 0 Å². The standard InChI is InChI=1S/C13H22N2O2/c1-5-6-14-8(2)7-15-11(16)9-10(12(15)17)13(9,3)4/h8-10,14H,5-7H2,1-4H3. The predicted octanol–water partition coefficient (Wildman–Crippen LogP) is 1.02. The van der Waals surface area contributed by atoms with E-state index in [1.807, 2.05) is 20.8 Å². The minimum atomic E-state index is -0.0925. The predicted molar refractivity (Wildman–Crippen MR) is 65.2 cm³/mol. The fourth-order valence-corrected chi connectivity index (χ4v) is 2.91. The van der Waals surface area contributed by atoms with Gasteiger partial charge in [0.15, 0.2) is 0 Å². The van der Waals surface area contributed by atoms with Crippen LogP contribution in [0.1, 0.15) is 34.1 Å². The molecule has 1 saturated heterocycles. The van der Waals surface area contributed by atoms with Gasteiger partial charge in [0.05, 0.1) is 11.8 Å². The highest BCUT2D eigenvalue weighted by atomic mass is 16.2. The maximum Gasteiger partial charge on any atom is 0.233 e. The lowest BCUT2D eigenvalue weighted by molar-refractivity contribution is -0.143. The minimum absolute atomic E-state index is 0.0372. The van der Waals surface area contributed by atoms with Gasteiger partial charge in [-0.1, -0.05) is 20.8 Å². The van der Waals surface area contributed by atoms with Gasteiger partial charge < -0.3 is 5.32 Å². The molecule has 1 N–H and O–H groups in total. The topological polar surface area (TPSA) is 49.4 Å². The van der Waals surface area contributed by atoms with Crippen LogP contribution in [0.15, 0.2) is 0 Å². The molecule has 3 unspecified atom stereocenters. The Hall–Kier alpha value is -0.900. The number of nitrogens with zero attached hydrogens (tertiary/aromatic N) is 1. The third kappa shape index (κ3) is 1.88. The number of hydrogen-bond acceptors (Lipinski definition) is 3. The number of hydrogen-bond donors (Lipinski definition) is 1. The Morgan fingerprint density at radius 2 is 1.82 bits per heavy atom. The summed E-state index contributed by atoms with van der Waals surface area (Å²) in [6.45, 7) is 9.58. The Morgan fingerprint density at radius 1 is 1.29 bits per heavy atom. The third-order valence-corrected chi connectivity index (χ3v) is 4.09. The zero-order valence-electron chi connectivity index (χ0n) is 11.1. The summed E-state index contributed by atoms with van der Waals surface area (Å²) < 4.78 is 0. The second kappa shape index (κ2) is 4.09. The van der Waals surface area contributed by atoms with Crippen molar-refractivity contribution in [1.82, 2.24) is 10.2 Å². The van der Waals surface area contributed by atoms with E-state index in [-0.39, 0.29) is 35.1 Å². The average molecular weight is 238 g/mol. The van der Waals surface area contributed by atoms with Crippen molar-refractivity contribution < 1.29 is 9.59 Å². The van der Waals surface area contributed by atoms with Gasteiger partial charge in [0.2, 0.25) is 11.8 Å². The largest absolute Gasteiger partial charge is 0.312 e. The number of amides is 2. The van der Waals surface area contributed by atoms with Crippen LogP contribution >= 0.6 is 0 Å². The van der Waals surface area contributed by atoms with E-state index in [2.05, 4.69) is 12.2 Å². The summed E-state index contributed by atoms with van der Waals surface area (Å²) in [6.07, 6.45) is 1.06. The molecule has 17 heavy (non-hydrogen) atoms. The number of nitrogens with one attached hydrogen (secondary N) is 1. The highest BCUT2D eigenvalue weighted by Gasteiger charge is 2.72. The van der Waals surface area contributed by atoms with Crippen LogP contribution in [-0.4, -0.2) is 35.8 Å². The van der Waals surface area contributed by atoms with Gasteiger partial charge in [-0.3, -0.25) is 14.5 Å². The van der Waals surface area contributed by atoms with Crippen LogP contribution in [-0.2, 0) is 9.59 Å². The molecule has 0 aromatic heterocycles. The molecule has 1 aliphatic carbocycles. The number of fused-ring (bicyclic) bond motifs is 1. The van der Waals surface area contributed by atoms with E-state index in [0.717, 1.165) is 13.0 Å². The van der Waals surface area contributed by atoms with Gasteiger partial charge >= 0.3 is 0 Å². The first-order chi connectivity index (χ1) is 7.91. The molecule has 0 aromatic rings. The average Bonchev–Trinajstić information content (AvgIpc) is 2.73. The summed E-state index contributed by atoms with van der Waals surface area (Å²) >= 11 is 0. The number of likely N-dealkylation sites (tertiary alicyclic amines) is 1. The normalized spacial score (nSPS) is 31.6. The van der Waals surface area contributed by atoms with E-state index in [4.69, 9.17) is 0 Å². The lowest BCUT2D eigenvalue weighted by Crippen LogP contribution is -2.45. The van der Waals surface area contributed by atoms with Crippen molar-refractivity contribution in [2.24, 2.45) is 17.3 Å². The maximum absolute atomic E-state index is 12.1. The molecule has 2 fully saturated rings. The molecule has 0 spiro atoms. The van der Waals surface area contributed by atoms with Crippen LogP contribution in [0.5, 0.6) is 0 Å². The molecule has 0 aromatic carbocycles. The van der Waals surface area contributed by atoms with E-state index >= 15 is 0 Å². The molecule has 1 heterocycles. The SMILES string of the molecule is CCCNC(C)CN1C(=O)C2C(C1=O)C2(C)C. The Bertz CT molecular complexity index is 327. The minimum Gasteiger partial charge on any atom is -0.312 e. The first-order valence-electron chi connectivity index (χ1n) is 6.49. The number of piperidine rings is 1. The molecule has 3 atom stereocenters. The lowest BCUT2D eigenvalue weighted by Gasteiger charge is -2.24. The van der Waals surface area contributed by atoms with E-state index in [0.29, 0.717) is 6.54 Å². The first-order valence-corrected chi connectivity index (χ1v) is 6.49. The van der Waals surface area contributed by atoms with Crippen LogP contribution in [0.4, 0.5) is 0 Å². The van der Waals surface area contributed by atoms with Crippen molar-refractivity contribution in [3.05, 3.63) is 0 Å². The maximum atomic E-state index is 12.1. The van der Waals surface area contributed by atoms with E-state index < -0.39 is 0 Å². The number of rotatable bonds is 5. The van der Waals surface area contributed by atoms with Gasteiger partial charge in [0.25, 0.3) is 0 Å². The Balaban J connectivity index is 1.93. The molecular weight excluding hydrogens is 216 g/mol. The summed E-state index contributed by atoms with van der Waals surface area (Å²) in [5.74, 6) is -0.0213. The summed E-state index contributed by atoms with van der Waals surface area (Å²) in [5.41, 5.74) is -0.0925. The summed E-state index contributed by atoms with van der Waals surface area (Å²) in [7, 11) is 0. The van der Waals surface area contributed by atoms with Crippen molar-refractivity contribution in [3.8, 4) is 0 Å². The molecule has 2 amide bonds. The zero-order valence-corrected chi connectivity index (χ0v) is 11.1. The van der Waals surface area contributed by atoms with Gasteiger partial charge in [-0.15, -0.1) is 0 Å². The zero-order chi connectivity index (χ0) is 12.8. The Morgan fingerprint density at radius 3 is 2.29 bits per heavy atom. The van der Waals surface area contributed by atoms with Gasteiger partial charge in [-0.05, 0) is 25.3 Å². The molecule has 4 nitrogen and oxygen atoms in total. The van der Waals surface area contributed by atoms with E-state index in [1.54, 1.807) is 0 Å². The second-order valence-electron chi connectivity index (χ2n) is 5.92. The van der Waals surface area contributed by atoms with Gasteiger partial charge in [-0.25, -0.2) is 0 Å². The fourth-order valence-electron chi connectivity index (χ4n) is 2.91. The number of imide groups is 1. The van der Waals surface area contributed by atoms with Crippen LogP contribution < -0.4 is 5.32 Å². The van der Waals surface area contributed by atoms with Gasteiger partial charge in [0, 0.05) is 12.6 Å². The number of carbonyl (C=O) groups excluding carboxylic acids is 2. The Labute approximate surface area is 103 Å². The van der Waals surface area contributed by atoms with Crippen LogP contribution in [0, 0.1) is 17.3 Å². The fraction of sp³-hybridized carbons (Fsp3) is 0.846. The summed E-state index contributed by atoms with van der Waals surface area (Å²) in [6, 6.07) is 0.184. The van der Waals surface area contributed by atoms with Crippen molar-refractivity contribution in [2.75, 3.05) is 13.1 Å². The molecule has 1 aliphatic heterocycles. The second-order valence-corrected chi connectivity index (χ2v) is 5.92. The quantitative estimate of drug-likeness (QED) is 0.727. The molecule has 96 valence electrons. The molecule has 2 aliphatic rings. The van der Waals surface area contributed by atoms with Crippen molar-refractivity contribution >= 4 is 11.8 Å². The van der Waals surface area contributed by atoms with Crippen molar-refractivity contribution in [1.29, 1.82) is 0 Å². The molecular formula is C13H22N2O2. The van der Waals surface area contributed by atoms with Gasteiger partial charge in [0.1, 0.15) is 0 Å². The monoisotopic (exact) mass is 238 g/mol. The van der Waals surface area contributed by atoms with E-state index in [9.17, 15) is 9.59 Å². The molecule has 1 saturated carbocycles. The summed E-state index contributed by atoms with van der Waals surface area (Å²) in [4.78, 5) is 25.6. The highest BCUT2D eigenvalue weighted by Crippen LogP contribution is 2.63. The lowest BCUT2D eigenvalue weighted by atomic mass is 10.1. The van der Waals surface area contributed by atoms with Crippen LogP contribution in [0.25, 0.3) is 0 Å². The smallest absolute Gasteiger partial charge is 0.233 e. The van der Waals surface area contributed by atoms with Gasteiger partial charge in [-0.2, -0.15) is 0 Å². The highest BCUT2D eigenvalue weighted by molar-refractivity contribution is 6.10. The molecule has 4 heteroatoms. The summed E-state index contributed by atoms with van der Waals surface area (Å²) in [5, 5.41) is 3.30. The Kier molecular flexibility index (Phi) is 3.02. The molecule has 0 bridgehead atoms. The third-order valence-electron chi connectivity index (χ3n) is 4.09. The van der Waals surface area contributed by atoms with Crippen molar-refractivity contribution in [2.45, 2.75) is 40.2 Å². The first kappa shape index (κ1) is 12.6. The number of carbonyl (C=O) groups is 2. The van der Waals surface area contributed by atoms with Crippen LogP contribution in [0.2, 0.25) is 0 Å².